The van der Waals surface area contributed by atoms with E-state index in [-0.39, 0.29) is 11.8 Å². The van der Waals surface area contributed by atoms with Crippen LogP contribution in [0.1, 0.15) is 25.0 Å². The quantitative estimate of drug-likeness (QED) is 0.826. The molecule has 3 N–H and O–H groups in total. The van der Waals surface area contributed by atoms with Crippen LogP contribution in [0, 0.1) is 5.92 Å². The van der Waals surface area contributed by atoms with Crippen LogP contribution in [-0.2, 0) is 17.9 Å². The molecule has 4 heteroatoms. The van der Waals surface area contributed by atoms with Crippen molar-refractivity contribution in [3.63, 3.8) is 0 Å². The Morgan fingerprint density at radius 3 is 2.43 bits per heavy atom. The zero-order valence-electron chi connectivity index (χ0n) is 13.7. The zero-order chi connectivity index (χ0) is 16.7. The minimum absolute atomic E-state index is 0.111. The third kappa shape index (κ3) is 5.11. The van der Waals surface area contributed by atoms with Crippen LogP contribution in [0.4, 0.5) is 0 Å². The van der Waals surface area contributed by atoms with E-state index in [0.29, 0.717) is 13.2 Å². The predicted octanol–water partition coefficient (Wildman–Crippen LogP) is 2.87. The molecule has 2 rings (SSSR count). The van der Waals surface area contributed by atoms with Crippen molar-refractivity contribution in [1.82, 2.24) is 5.32 Å². The molecule has 0 radical (unpaired) electrons. The number of nitrogens with two attached hydrogens (primary N) is 1. The second-order valence-corrected chi connectivity index (χ2v) is 5.87. The normalized spacial score (nSPS) is 12.0. The summed E-state index contributed by atoms with van der Waals surface area (Å²) in [5.41, 5.74) is 7.90. The molecular formula is C19H24N2O2. The lowest BCUT2D eigenvalue weighted by molar-refractivity contribution is -0.123. The summed E-state index contributed by atoms with van der Waals surface area (Å²) in [5.74, 6) is 0.743. The molecule has 0 saturated carbocycles. The first-order chi connectivity index (χ1) is 11.1. The van der Waals surface area contributed by atoms with Crippen molar-refractivity contribution in [2.24, 2.45) is 11.7 Å². The second-order valence-electron chi connectivity index (χ2n) is 5.87. The number of rotatable bonds is 7. The van der Waals surface area contributed by atoms with E-state index in [4.69, 9.17) is 10.5 Å². The third-order valence-corrected chi connectivity index (χ3v) is 3.68. The van der Waals surface area contributed by atoms with E-state index in [9.17, 15) is 4.79 Å². The molecule has 2 aromatic carbocycles. The average molecular weight is 312 g/mol. The third-order valence-electron chi connectivity index (χ3n) is 3.68. The second kappa shape index (κ2) is 8.34. The largest absolute Gasteiger partial charge is 0.489 e. The standard InChI is InChI=1S/C19H24N2O2/c1-14(2)18(20)19(22)21-12-16-10-6-7-11-17(16)23-13-15-8-4-3-5-9-15/h3-11,14,18H,12-13,20H2,1-2H3,(H,21,22)/t18-/m1/s1. The molecular weight excluding hydrogens is 288 g/mol. The first-order valence-corrected chi connectivity index (χ1v) is 7.86. The molecule has 0 fully saturated rings. The van der Waals surface area contributed by atoms with Gasteiger partial charge < -0.3 is 15.8 Å². The summed E-state index contributed by atoms with van der Waals surface area (Å²) in [6.45, 7) is 4.77. The summed E-state index contributed by atoms with van der Waals surface area (Å²) in [5, 5.41) is 2.87. The van der Waals surface area contributed by atoms with Crippen LogP contribution in [0.5, 0.6) is 5.75 Å². The molecule has 0 heterocycles. The van der Waals surface area contributed by atoms with Crippen molar-refractivity contribution in [3.05, 3.63) is 65.7 Å². The molecule has 0 saturated heterocycles. The van der Waals surface area contributed by atoms with Crippen LogP contribution in [0.25, 0.3) is 0 Å². The Kier molecular flexibility index (Phi) is 6.18. The Labute approximate surface area is 137 Å². The number of hydrogen-bond acceptors (Lipinski definition) is 3. The SMILES string of the molecule is CC(C)[C@@H](N)C(=O)NCc1ccccc1OCc1ccccc1. The number of carbonyl (C=O) groups excluding carboxylic acids is 1. The van der Waals surface area contributed by atoms with Gasteiger partial charge in [0.1, 0.15) is 12.4 Å². The van der Waals surface area contributed by atoms with E-state index in [2.05, 4.69) is 5.32 Å². The van der Waals surface area contributed by atoms with Crippen LogP contribution in [0.3, 0.4) is 0 Å². The Morgan fingerprint density at radius 1 is 1.09 bits per heavy atom. The zero-order valence-corrected chi connectivity index (χ0v) is 13.7. The van der Waals surface area contributed by atoms with Crippen molar-refractivity contribution in [1.29, 1.82) is 0 Å². The van der Waals surface area contributed by atoms with Crippen molar-refractivity contribution in [3.8, 4) is 5.75 Å². The van der Waals surface area contributed by atoms with Gasteiger partial charge in [0.25, 0.3) is 0 Å². The van der Waals surface area contributed by atoms with E-state index >= 15 is 0 Å². The molecule has 0 bridgehead atoms. The van der Waals surface area contributed by atoms with Gasteiger partial charge in [0.05, 0.1) is 6.04 Å². The predicted molar refractivity (Wildman–Crippen MR) is 91.9 cm³/mol. The molecule has 122 valence electrons. The topological polar surface area (TPSA) is 64.4 Å². The van der Waals surface area contributed by atoms with Crippen molar-refractivity contribution in [2.75, 3.05) is 0 Å². The lowest BCUT2D eigenvalue weighted by atomic mass is 10.0. The average Bonchev–Trinajstić information content (AvgIpc) is 2.58. The number of hydrogen-bond donors (Lipinski definition) is 2. The van der Waals surface area contributed by atoms with E-state index in [1.54, 1.807) is 0 Å². The fourth-order valence-corrected chi connectivity index (χ4v) is 2.13. The summed E-state index contributed by atoms with van der Waals surface area (Å²) in [7, 11) is 0. The molecule has 0 aromatic heterocycles. The minimum atomic E-state index is -0.493. The summed E-state index contributed by atoms with van der Waals surface area (Å²) in [6, 6.07) is 17.2. The summed E-state index contributed by atoms with van der Waals surface area (Å²) >= 11 is 0. The van der Waals surface area contributed by atoms with Crippen molar-refractivity contribution in [2.45, 2.75) is 33.0 Å². The smallest absolute Gasteiger partial charge is 0.237 e. The Hall–Kier alpha value is -2.33. The first kappa shape index (κ1) is 17.0. The van der Waals surface area contributed by atoms with Gasteiger partial charge in [-0.15, -0.1) is 0 Å². The van der Waals surface area contributed by atoms with Crippen molar-refractivity contribution >= 4 is 5.91 Å². The van der Waals surface area contributed by atoms with E-state index < -0.39 is 6.04 Å². The van der Waals surface area contributed by atoms with Gasteiger partial charge in [-0.25, -0.2) is 0 Å². The molecule has 1 amide bonds. The molecule has 2 aromatic rings. The maximum absolute atomic E-state index is 12.0. The molecule has 0 aliphatic heterocycles. The van der Waals surface area contributed by atoms with E-state index in [1.165, 1.54) is 0 Å². The van der Waals surface area contributed by atoms with Gasteiger partial charge in [0.2, 0.25) is 5.91 Å². The molecule has 0 unspecified atom stereocenters. The summed E-state index contributed by atoms with van der Waals surface area (Å²) < 4.78 is 5.88. The number of nitrogens with one attached hydrogen (secondary N) is 1. The minimum Gasteiger partial charge on any atom is -0.489 e. The first-order valence-electron chi connectivity index (χ1n) is 7.86. The molecule has 23 heavy (non-hydrogen) atoms. The van der Waals surface area contributed by atoms with Gasteiger partial charge in [-0.1, -0.05) is 62.4 Å². The molecule has 0 spiro atoms. The van der Waals surface area contributed by atoms with Crippen molar-refractivity contribution < 1.29 is 9.53 Å². The fourth-order valence-electron chi connectivity index (χ4n) is 2.13. The Bertz CT molecular complexity index is 626. The highest BCUT2D eigenvalue weighted by Crippen LogP contribution is 2.19. The highest BCUT2D eigenvalue weighted by Gasteiger charge is 2.17. The number of benzene rings is 2. The highest BCUT2D eigenvalue weighted by atomic mass is 16.5. The lowest BCUT2D eigenvalue weighted by Gasteiger charge is -2.16. The summed E-state index contributed by atoms with van der Waals surface area (Å²) in [4.78, 5) is 12.0. The molecule has 0 aliphatic rings. The number of amides is 1. The van der Waals surface area contributed by atoms with Gasteiger partial charge in [-0.2, -0.15) is 0 Å². The maximum Gasteiger partial charge on any atom is 0.237 e. The van der Waals surface area contributed by atoms with Gasteiger partial charge in [-0.3, -0.25) is 4.79 Å². The molecule has 1 atom stereocenters. The van der Waals surface area contributed by atoms with Gasteiger partial charge in [-0.05, 0) is 17.5 Å². The maximum atomic E-state index is 12.0. The number of ether oxygens (including phenoxy) is 1. The fraction of sp³-hybridized carbons (Fsp3) is 0.316. The van der Waals surface area contributed by atoms with Crippen LogP contribution in [0.2, 0.25) is 0 Å². The van der Waals surface area contributed by atoms with Crippen LogP contribution in [0.15, 0.2) is 54.6 Å². The Morgan fingerprint density at radius 2 is 1.74 bits per heavy atom. The van der Waals surface area contributed by atoms with E-state index in [0.717, 1.165) is 16.9 Å². The van der Waals surface area contributed by atoms with Crippen LogP contribution < -0.4 is 15.8 Å². The van der Waals surface area contributed by atoms with Gasteiger partial charge in [0, 0.05) is 12.1 Å². The van der Waals surface area contributed by atoms with Crippen LogP contribution in [-0.4, -0.2) is 11.9 Å². The number of carbonyl (C=O) groups is 1. The number of para-hydroxylation sites is 1. The van der Waals surface area contributed by atoms with E-state index in [1.807, 2.05) is 68.4 Å². The summed E-state index contributed by atoms with van der Waals surface area (Å²) in [6.07, 6.45) is 0. The molecule has 0 aliphatic carbocycles. The lowest BCUT2D eigenvalue weighted by Crippen LogP contribution is -2.43. The van der Waals surface area contributed by atoms with Gasteiger partial charge in [0.15, 0.2) is 0 Å². The molecule has 4 nitrogen and oxygen atoms in total. The van der Waals surface area contributed by atoms with Gasteiger partial charge >= 0.3 is 0 Å². The van der Waals surface area contributed by atoms with Crippen LogP contribution >= 0.6 is 0 Å². The highest BCUT2D eigenvalue weighted by molar-refractivity contribution is 5.81. The Balaban J connectivity index is 1.96. The monoisotopic (exact) mass is 312 g/mol.